The van der Waals surface area contributed by atoms with Crippen LogP contribution in [0.15, 0.2) is 10.5 Å². The monoisotopic (exact) mass is 276 g/mol. The van der Waals surface area contributed by atoms with E-state index in [9.17, 15) is 22.0 Å². The minimum absolute atomic E-state index is 0.348. The van der Waals surface area contributed by atoms with Crippen LogP contribution >= 0.6 is 15.9 Å². The van der Waals surface area contributed by atoms with Gasteiger partial charge in [0.25, 0.3) is 0 Å². The Morgan fingerprint density at radius 3 is 2.14 bits per heavy atom. The third-order valence-electron chi connectivity index (χ3n) is 1.43. The van der Waals surface area contributed by atoms with Gasteiger partial charge in [-0.2, -0.15) is 13.2 Å². The van der Waals surface area contributed by atoms with Gasteiger partial charge in [0.05, 0.1) is 4.47 Å². The molecule has 14 heavy (non-hydrogen) atoms. The van der Waals surface area contributed by atoms with Crippen molar-refractivity contribution in [3.8, 4) is 5.75 Å². The van der Waals surface area contributed by atoms with E-state index in [1.54, 1.807) is 0 Å². The van der Waals surface area contributed by atoms with Crippen LogP contribution in [0.5, 0.6) is 5.75 Å². The van der Waals surface area contributed by atoms with Crippen molar-refractivity contribution >= 4 is 15.9 Å². The molecule has 0 unspecified atom stereocenters. The van der Waals surface area contributed by atoms with Crippen molar-refractivity contribution in [3.63, 3.8) is 0 Å². The predicted molar refractivity (Wildman–Crippen MR) is 40.7 cm³/mol. The van der Waals surface area contributed by atoms with Crippen LogP contribution in [0.25, 0.3) is 0 Å². The summed E-state index contributed by atoms with van der Waals surface area (Å²) in [4.78, 5) is 0. The Labute approximate surface area is 83.3 Å². The Bertz CT molecular complexity index is 373. The number of phenols is 1. The predicted octanol–water partition coefficient (Wildman–Crippen LogP) is 3.45. The van der Waals surface area contributed by atoms with E-state index in [4.69, 9.17) is 5.11 Å². The summed E-state index contributed by atoms with van der Waals surface area (Å²) < 4.78 is 61.0. The molecule has 0 heterocycles. The number of hydrogen-bond donors (Lipinski definition) is 1. The summed E-state index contributed by atoms with van der Waals surface area (Å²) in [5, 5.41) is 8.79. The number of rotatable bonds is 0. The first-order valence-electron chi connectivity index (χ1n) is 3.18. The second kappa shape index (κ2) is 3.38. The molecular formula is C7H2BrF5O. The number of phenolic OH excluding ortho intramolecular Hbond substituents is 1. The molecule has 0 aliphatic rings. The molecule has 0 amide bonds. The summed E-state index contributed by atoms with van der Waals surface area (Å²) in [6.07, 6.45) is -5.17. The highest BCUT2D eigenvalue weighted by Gasteiger charge is 2.39. The zero-order valence-electron chi connectivity index (χ0n) is 6.29. The minimum atomic E-state index is -5.17. The molecule has 0 atom stereocenters. The van der Waals surface area contributed by atoms with Crippen LogP contribution in [-0.4, -0.2) is 5.11 Å². The number of alkyl halides is 3. The number of hydrogen-bond acceptors (Lipinski definition) is 1. The fraction of sp³-hybridized carbons (Fsp3) is 0.143. The highest BCUT2D eigenvalue weighted by atomic mass is 79.9. The van der Waals surface area contributed by atoms with Crippen molar-refractivity contribution in [1.29, 1.82) is 0 Å². The van der Waals surface area contributed by atoms with Gasteiger partial charge >= 0.3 is 6.18 Å². The summed E-state index contributed by atoms with van der Waals surface area (Å²) in [6, 6.07) is 0.348. The molecule has 0 saturated carbocycles. The fourth-order valence-corrected chi connectivity index (χ4v) is 1.21. The molecule has 1 aromatic carbocycles. The molecule has 0 bridgehead atoms. The first kappa shape index (κ1) is 11.2. The van der Waals surface area contributed by atoms with Crippen LogP contribution in [0.1, 0.15) is 5.56 Å². The summed E-state index contributed by atoms with van der Waals surface area (Å²) in [5.41, 5.74) is -2.10. The van der Waals surface area contributed by atoms with Gasteiger partial charge in [0.1, 0.15) is 11.4 Å². The molecule has 1 N–H and O–H groups in total. The van der Waals surface area contributed by atoms with Crippen molar-refractivity contribution in [1.82, 2.24) is 0 Å². The van der Waals surface area contributed by atoms with E-state index in [0.29, 0.717) is 6.07 Å². The topological polar surface area (TPSA) is 20.2 Å². The molecule has 0 fully saturated rings. The Balaban J connectivity index is 3.53. The zero-order chi connectivity index (χ0) is 11.1. The fourth-order valence-electron chi connectivity index (χ4n) is 0.840. The van der Waals surface area contributed by atoms with Gasteiger partial charge in [0.15, 0.2) is 11.6 Å². The molecule has 1 nitrogen and oxygen atoms in total. The molecule has 78 valence electrons. The molecule has 0 aliphatic heterocycles. The Kier molecular flexibility index (Phi) is 2.71. The maximum atomic E-state index is 12.8. The number of benzene rings is 1. The maximum Gasteiger partial charge on any atom is 0.422 e. The standard InChI is InChI=1S/C7H2BrF5O/c8-2-1-3(9)4(7(11,12)13)5(10)6(2)14/h1,14H. The van der Waals surface area contributed by atoms with Gasteiger partial charge < -0.3 is 5.11 Å². The maximum absolute atomic E-state index is 12.8. The molecule has 0 aromatic heterocycles. The van der Waals surface area contributed by atoms with Crippen LogP contribution in [0, 0.1) is 11.6 Å². The van der Waals surface area contributed by atoms with Crippen LogP contribution in [0.2, 0.25) is 0 Å². The number of aromatic hydroxyl groups is 1. The van der Waals surface area contributed by atoms with Gasteiger partial charge in [-0.1, -0.05) is 0 Å². The van der Waals surface area contributed by atoms with Crippen molar-refractivity contribution in [3.05, 3.63) is 27.7 Å². The highest BCUT2D eigenvalue weighted by Crippen LogP contribution is 2.39. The minimum Gasteiger partial charge on any atom is -0.504 e. The van der Waals surface area contributed by atoms with Crippen molar-refractivity contribution in [2.24, 2.45) is 0 Å². The Morgan fingerprint density at radius 2 is 1.71 bits per heavy atom. The van der Waals surface area contributed by atoms with Gasteiger partial charge in [-0.15, -0.1) is 0 Å². The van der Waals surface area contributed by atoms with Crippen LogP contribution in [0.4, 0.5) is 22.0 Å². The van der Waals surface area contributed by atoms with Gasteiger partial charge in [0.2, 0.25) is 0 Å². The molecule has 0 aliphatic carbocycles. The summed E-state index contributed by atoms with van der Waals surface area (Å²) in [6.45, 7) is 0. The van der Waals surface area contributed by atoms with E-state index in [2.05, 4.69) is 15.9 Å². The molecular weight excluding hydrogens is 275 g/mol. The van der Waals surface area contributed by atoms with E-state index in [0.717, 1.165) is 0 Å². The van der Waals surface area contributed by atoms with Gasteiger partial charge in [-0.3, -0.25) is 0 Å². The lowest BCUT2D eigenvalue weighted by Crippen LogP contribution is -2.11. The molecule has 0 radical (unpaired) electrons. The van der Waals surface area contributed by atoms with Crippen molar-refractivity contribution in [2.75, 3.05) is 0 Å². The normalized spacial score (nSPS) is 11.9. The lowest BCUT2D eigenvalue weighted by molar-refractivity contribution is -0.142. The van der Waals surface area contributed by atoms with Crippen molar-refractivity contribution < 1.29 is 27.1 Å². The van der Waals surface area contributed by atoms with E-state index < -0.39 is 33.6 Å². The molecule has 1 aromatic rings. The second-order valence-electron chi connectivity index (χ2n) is 2.38. The van der Waals surface area contributed by atoms with Crippen LogP contribution in [-0.2, 0) is 6.18 Å². The SMILES string of the molecule is Oc1c(Br)cc(F)c(C(F)(F)F)c1F. The highest BCUT2D eigenvalue weighted by molar-refractivity contribution is 9.10. The third-order valence-corrected chi connectivity index (χ3v) is 2.03. The van der Waals surface area contributed by atoms with Crippen LogP contribution < -0.4 is 0 Å². The summed E-state index contributed by atoms with van der Waals surface area (Å²) in [7, 11) is 0. The van der Waals surface area contributed by atoms with E-state index in [1.165, 1.54) is 0 Å². The lowest BCUT2D eigenvalue weighted by Gasteiger charge is -2.10. The molecule has 1 rings (SSSR count). The van der Waals surface area contributed by atoms with Gasteiger partial charge in [0, 0.05) is 0 Å². The lowest BCUT2D eigenvalue weighted by atomic mass is 10.2. The zero-order valence-corrected chi connectivity index (χ0v) is 7.88. The molecule has 0 spiro atoms. The van der Waals surface area contributed by atoms with E-state index >= 15 is 0 Å². The average molecular weight is 277 g/mol. The molecule has 0 saturated heterocycles. The summed E-state index contributed by atoms with van der Waals surface area (Å²) in [5.74, 6) is -5.07. The first-order valence-corrected chi connectivity index (χ1v) is 3.98. The van der Waals surface area contributed by atoms with Gasteiger partial charge in [-0.25, -0.2) is 8.78 Å². The first-order chi connectivity index (χ1) is 6.25. The van der Waals surface area contributed by atoms with Crippen LogP contribution in [0.3, 0.4) is 0 Å². The van der Waals surface area contributed by atoms with E-state index in [-0.39, 0.29) is 0 Å². The van der Waals surface area contributed by atoms with Gasteiger partial charge in [-0.05, 0) is 22.0 Å². The summed E-state index contributed by atoms with van der Waals surface area (Å²) >= 11 is 2.50. The molecule has 7 heteroatoms. The third kappa shape index (κ3) is 1.82. The number of halogens is 6. The average Bonchev–Trinajstić information content (AvgIpc) is 1.97. The second-order valence-corrected chi connectivity index (χ2v) is 3.23. The Morgan fingerprint density at radius 1 is 1.21 bits per heavy atom. The largest absolute Gasteiger partial charge is 0.504 e. The quantitative estimate of drug-likeness (QED) is 0.720. The van der Waals surface area contributed by atoms with Crippen molar-refractivity contribution in [2.45, 2.75) is 6.18 Å². The smallest absolute Gasteiger partial charge is 0.422 e. The Hall–Kier alpha value is -0.850. The van der Waals surface area contributed by atoms with E-state index in [1.807, 2.05) is 0 Å².